The van der Waals surface area contributed by atoms with E-state index in [1.807, 2.05) is 6.92 Å². The fraction of sp³-hybridized carbons (Fsp3) is 0.310. The van der Waals surface area contributed by atoms with Gasteiger partial charge in [0.1, 0.15) is 12.6 Å². The van der Waals surface area contributed by atoms with Crippen molar-refractivity contribution in [3.63, 3.8) is 0 Å². The molecule has 42 heavy (non-hydrogen) atoms. The Morgan fingerprint density at radius 1 is 0.929 bits per heavy atom. The Labute approximate surface area is 253 Å². The number of hydrogen-bond acceptors (Lipinski definition) is 4. The molecular weight excluding hydrogens is 614 g/mol. The van der Waals surface area contributed by atoms with E-state index < -0.39 is 46.2 Å². The van der Waals surface area contributed by atoms with Crippen molar-refractivity contribution in [3.05, 3.63) is 99.5 Å². The molecule has 1 N–H and O–H groups in total. The maximum Gasteiger partial charge on any atom is 0.416 e. The van der Waals surface area contributed by atoms with Gasteiger partial charge in [-0.25, -0.2) is 8.42 Å². The van der Waals surface area contributed by atoms with E-state index in [-0.39, 0.29) is 28.7 Å². The van der Waals surface area contributed by atoms with Gasteiger partial charge in [0.25, 0.3) is 0 Å². The average Bonchev–Trinajstić information content (AvgIpc) is 2.93. The van der Waals surface area contributed by atoms with Gasteiger partial charge in [-0.3, -0.25) is 13.9 Å². The van der Waals surface area contributed by atoms with Crippen LogP contribution in [0, 0.1) is 0 Å². The Bertz CT molecular complexity index is 1510. The van der Waals surface area contributed by atoms with E-state index in [2.05, 4.69) is 5.32 Å². The number of nitrogens with zero attached hydrogens (tertiary/aromatic N) is 2. The van der Waals surface area contributed by atoms with Gasteiger partial charge in [-0.15, -0.1) is 0 Å². The third-order valence-electron chi connectivity index (χ3n) is 6.30. The number of sulfonamides is 1. The Balaban J connectivity index is 2.08. The second-order valence-electron chi connectivity index (χ2n) is 9.58. The number of benzene rings is 3. The minimum absolute atomic E-state index is 0.0892. The van der Waals surface area contributed by atoms with Crippen LogP contribution in [-0.4, -0.2) is 50.5 Å². The zero-order valence-corrected chi connectivity index (χ0v) is 25.2. The highest BCUT2D eigenvalue weighted by molar-refractivity contribution is 7.92. The minimum atomic E-state index is -4.73. The summed E-state index contributed by atoms with van der Waals surface area (Å²) in [7, 11) is -4.23. The Hall–Kier alpha value is -3.28. The molecule has 0 heterocycles. The normalized spacial score (nSPS) is 12.5. The van der Waals surface area contributed by atoms with Crippen LogP contribution >= 0.6 is 23.2 Å². The van der Waals surface area contributed by atoms with Crippen molar-refractivity contribution in [2.45, 2.75) is 38.5 Å². The van der Waals surface area contributed by atoms with Gasteiger partial charge in [0.15, 0.2) is 0 Å². The lowest BCUT2D eigenvalue weighted by Crippen LogP contribution is -2.53. The molecule has 13 heteroatoms. The second kappa shape index (κ2) is 14.3. The topological polar surface area (TPSA) is 86.8 Å². The number of amides is 2. The van der Waals surface area contributed by atoms with Crippen LogP contribution in [-0.2, 0) is 38.8 Å². The summed E-state index contributed by atoms with van der Waals surface area (Å²) >= 11 is 12.3. The molecule has 1 atom stereocenters. The summed E-state index contributed by atoms with van der Waals surface area (Å²) in [6.45, 7) is 1.18. The molecule has 2 amide bonds. The summed E-state index contributed by atoms with van der Waals surface area (Å²) in [5, 5.41) is 3.27. The molecule has 0 spiro atoms. The largest absolute Gasteiger partial charge is 0.416 e. The van der Waals surface area contributed by atoms with E-state index in [0.29, 0.717) is 28.9 Å². The van der Waals surface area contributed by atoms with Crippen molar-refractivity contribution < 1.29 is 31.2 Å². The molecule has 0 aliphatic carbocycles. The van der Waals surface area contributed by atoms with Crippen LogP contribution in [0.15, 0.2) is 72.8 Å². The summed E-state index contributed by atoms with van der Waals surface area (Å²) < 4.78 is 66.4. The summed E-state index contributed by atoms with van der Waals surface area (Å²) in [5.74, 6) is -1.28. The quantitative estimate of drug-likeness (QED) is 0.264. The van der Waals surface area contributed by atoms with Gasteiger partial charge < -0.3 is 10.2 Å². The Morgan fingerprint density at radius 3 is 2.21 bits per heavy atom. The summed E-state index contributed by atoms with van der Waals surface area (Å²) in [5.41, 5.74) is -0.178. The van der Waals surface area contributed by atoms with Gasteiger partial charge in [-0.1, -0.05) is 72.6 Å². The van der Waals surface area contributed by atoms with Crippen molar-refractivity contribution in [1.29, 1.82) is 0 Å². The van der Waals surface area contributed by atoms with Crippen LogP contribution < -0.4 is 9.62 Å². The monoisotopic (exact) mass is 643 g/mol. The first kappa shape index (κ1) is 33.2. The number of carbonyl (C=O) groups excluding carboxylic acids is 2. The summed E-state index contributed by atoms with van der Waals surface area (Å²) in [6, 6.07) is 16.2. The fourth-order valence-electron chi connectivity index (χ4n) is 4.21. The van der Waals surface area contributed by atoms with E-state index in [1.165, 1.54) is 23.1 Å². The SMILES string of the molecule is CCCNC(=O)C(Cc1ccccc1)N(Cc1ccc(Cl)c(Cl)c1)C(=O)CN(c1cccc(C(F)(F)F)c1)S(C)(=O)=O. The van der Waals surface area contributed by atoms with Crippen LogP contribution in [0.1, 0.15) is 30.0 Å². The third-order valence-corrected chi connectivity index (χ3v) is 8.18. The van der Waals surface area contributed by atoms with Crippen molar-refractivity contribution >= 4 is 50.7 Å². The Kier molecular flexibility index (Phi) is 11.3. The number of anilines is 1. The summed E-state index contributed by atoms with van der Waals surface area (Å²) in [6.07, 6.45) is -3.23. The second-order valence-corrected chi connectivity index (χ2v) is 12.3. The molecule has 3 aromatic carbocycles. The lowest BCUT2D eigenvalue weighted by Gasteiger charge is -2.33. The predicted molar refractivity (Wildman–Crippen MR) is 158 cm³/mol. The molecule has 3 aromatic rings. The van der Waals surface area contributed by atoms with E-state index >= 15 is 0 Å². The van der Waals surface area contributed by atoms with Crippen LogP contribution in [0.2, 0.25) is 10.0 Å². The average molecular weight is 645 g/mol. The highest BCUT2D eigenvalue weighted by atomic mass is 35.5. The maximum absolute atomic E-state index is 14.0. The zero-order chi connectivity index (χ0) is 31.1. The number of hydrogen-bond donors (Lipinski definition) is 1. The maximum atomic E-state index is 14.0. The van der Waals surface area contributed by atoms with Gasteiger partial charge in [0.05, 0.1) is 27.6 Å². The van der Waals surface area contributed by atoms with E-state index in [1.54, 1.807) is 36.4 Å². The molecule has 0 aliphatic heterocycles. The zero-order valence-electron chi connectivity index (χ0n) is 22.9. The van der Waals surface area contributed by atoms with Crippen LogP contribution in [0.4, 0.5) is 18.9 Å². The van der Waals surface area contributed by atoms with Crippen molar-refractivity contribution in [2.24, 2.45) is 0 Å². The highest BCUT2D eigenvalue weighted by Gasteiger charge is 2.35. The van der Waals surface area contributed by atoms with Gasteiger partial charge in [0, 0.05) is 19.5 Å². The molecule has 226 valence electrons. The fourth-order valence-corrected chi connectivity index (χ4v) is 5.37. The first-order valence-electron chi connectivity index (χ1n) is 12.9. The Morgan fingerprint density at radius 2 is 1.62 bits per heavy atom. The number of rotatable bonds is 12. The molecule has 0 fully saturated rings. The molecular formula is C29H30Cl2F3N3O4S. The standard InChI is InChI=1S/C29H30Cl2F3N3O4S/c1-3-14-35-28(39)26(16-20-8-5-4-6-9-20)36(18-21-12-13-24(30)25(31)15-21)27(38)19-37(42(2,40)41)23-11-7-10-22(17-23)29(32,33)34/h4-13,15,17,26H,3,14,16,18-19H2,1-2H3,(H,35,39). The van der Waals surface area contributed by atoms with Gasteiger partial charge >= 0.3 is 6.18 Å². The lowest BCUT2D eigenvalue weighted by atomic mass is 10.0. The van der Waals surface area contributed by atoms with Crippen molar-refractivity contribution in [3.8, 4) is 0 Å². The molecule has 7 nitrogen and oxygen atoms in total. The number of alkyl halides is 3. The van der Waals surface area contributed by atoms with Crippen LogP contribution in [0.3, 0.4) is 0 Å². The van der Waals surface area contributed by atoms with Gasteiger partial charge in [-0.05, 0) is 47.9 Å². The number of halogens is 5. The molecule has 0 aromatic heterocycles. The number of nitrogens with one attached hydrogen (secondary N) is 1. The van der Waals surface area contributed by atoms with Crippen LogP contribution in [0.25, 0.3) is 0 Å². The lowest BCUT2D eigenvalue weighted by molar-refractivity contribution is -0.140. The minimum Gasteiger partial charge on any atom is -0.354 e. The highest BCUT2D eigenvalue weighted by Crippen LogP contribution is 2.32. The van der Waals surface area contributed by atoms with Crippen LogP contribution in [0.5, 0.6) is 0 Å². The van der Waals surface area contributed by atoms with Crippen molar-refractivity contribution in [2.75, 3.05) is 23.7 Å². The summed E-state index contributed by atoms with van der Waals surface area (Å²) in [4.78, 5) is 28.7. The number of carbonyl (C=O) groups is 2. The van der Waals surface area contributed by atoms with E-state index in [9.17, 15) is 31.2 Å². The van der Waals surface area contributed by atoms with E-state index in [0.717, 1.165) is 24.0 Å². The first-order chi connectivity index (χ1) is 19.7. The molecule has 0 saturated carbocycles. The smallest absolute Gasteiger partial charge is 0.354 e. The first-order valence-corrected chi connectivity index (χ1v) is 15.5. The molecule has 3 rings (SSSR count). The molecule has 0 aliphatic rings. The van der Waals surface area contributed by atoms with Crippen molar-refractivity contribution in [1.82, 2.24) is 10.2 Å². The predicted octanol–water partition coefficient (Wildman–Crippen LogP) is 5.94. The molecule has 1 unspecified atom stereocenters. The van der Waals surface area contributed by atoms with Gasteiger partial charge in [-0.2, -0.15) is 13.2 Å². The molecule has 0 bridgehead atoms. The molecule has 0 saturated heterocycles. The van der Waals surface area contributed by atoms with Gasteiger partial charge in [0.2, 0.25) is 21.8 Å². The van der Waals surface area contributed by atoms with E-state index in [4.69, 9.17) is 23.2 Å². The molecule has 0 radical (unpaired) electrons. The third kappa shape index (κ3) is 9.11.